The summed E-state index contributed by atoms with van der Waals surface area (Å²) in [7, 11) is 0. The molecule has 2 atom stereocenters. The first kappa shape index (κ1) is 14.2. The van der Waals surface area contributed by atoms with Gasteiger partial charge in [-0.15, -0.1) is 0 Å². The largest absolute Gasteiger partial charge is 0.409 e. The molecule has 19 heavy (non-hydrogen) atoms. The first-order chi connectivity index (χ1) is 9.02. The highest BCUT2D eigenvalue weighted by Crippen LogP contribution is 2.40. The molecule has 0 heterocycles. The molecule has 2 rings (SSSR count). The lowest BCUT2D eigenvalue weighted by Gasteiger charge is -2.39. The van der Waals surface area contributed by atoms with Crippen molar-refractivity contribution in [1.29, 1.82) is 0 Å². The molecule has 2 unspecified atom stereocenters. The SMILES string of the molecule is CCC1CCC(NC(=O)C2CC2C)(/C(N)=N/O)CC1. The molecule has 0 saturated heterocycles. The van der Waals surface area contributed by atoms with Gasteiger partial charge in [0.05, 0.1) is 0 Å². The number of carbonyl (C=O) groups excluding carboxylic acids is 1. The van der Waals surface area contributed by atoms with Gasteiger partial charge in [0.1, 0.15) is 5.54 Å². The highest BCUT2D eigenvalue weighted by molar-refractivity contribution is 5.95. The van der Waals surface area contributed by atoms with E-state index in [0.29, 0.717) is 11.8 Å². The minimum Gasteiger partial charge on any atom is -0.409 e. The lowest BCUT2D eigenvalue weighted by molar-refractivity contribution is -0.124. The molecule has 0 aromatic carbocycles. The fourth-order valence-electron chi connectivity index (χ4n) is 3.14. The van der Waals surface area contributed by atoms with E-state index in [0.717, 1.165) is 38.5 Å². The van der Waals surface area contributed by atoms with E-state index >= 15 is 0 Å². The van der Waals surface area contributed by atoms with Crippen molar-refractivity contribution in [1.82, 2.24) is 5.32 Å². The second-order valence-corrected chi connectivity index (χ2v) is 6.23. The summed E-state index contributed by atoms with van der Waals surface area (Å²) in [5, 5.41) is 15.2. The van der Waals surface area contributed by atoms with E-state index in [4.69, 9.17) is 10.9 Å². The number of amides is 1. The average molecular weight is 267 g/mol. The monoisotopic (exact) mass is 267 g/mol. The van der Waals surface area contributed by atoms with Gasteiger partial charge in [-0.25, -0.2) is 0 Å². The summed E-state index contributed by atoms with van der Waals surface area (Å²) in [6, 6.07) is 0. The van der Waals surface area contributed by atoms with E-state index in [9.17, 15) is 4.79 Å². The van der Waals surface area contributed by atoms with Gasteiger partial charge in [-0.3, -0.25) is 4.79 Å². The van der Waals surface area contributed by atoms with Gasteiger partial charge in [-0.2, -0.15) is 0 Å². The van der Waals surface area contributed by atoms with Crippen LogP contribution in [0.4, 0.5) is 0 Å². The van der Waals surface area contributed by atoms with Crippen molar-refractivity contribution in [3.63, 3.8) is 0 Å². The molecule has 2 saturated carbocycles. The van der Waals surface area contributed by atoms with Gasteiger partial charge in [0.15, 0.2) is 5.84 Å². The molecule has 2 aliphatic rings. The smallest absolute Gasteiger partial charge is 0.224 e. The van der Waals surface area contributed by atoms with Gasteiger partial charge in [0.25, 0.3) is 0 Å². The molecule has 4 N–H and O–H groups in total. The maximum atomic E-state index is 12.2. The minimum absolute atomic E-state index is 0.0639. The third kappa shape index (κ3) is 2.85. The molecule has 0 aliphatic heterocycles. The van der Waals surface area contributed by atoms with Crippen LogP contribution in [0.3, 0.4) is 0 Å². The van der Waals surface area contributed by atoms with Crippen molar-refractivity contribution in [3.05, 3.63) is 0 Å². The third-order valence-electron chi connectivity index (χ3n) is 4.94. The van der Waals surface area contributed by atoms with Gasteiger partial charge in [-0.1, -0.05) is 25.4 Å². The normalized spacial score (nSPS) is 38.8. The molecule has 0 bridgehead atoms. The van der Waals surface area contributed by atoms with E-state index in [-0.39, 0.29) is 17.7 Å². The number of hydrogen-bond acceptors (Lipinski definition) is 3. The summed E-state index contributed by atoms with van der Waals surface area (Å²) in [4.78, 5) is 12.2. The predicted molar refractivity (Wildman–Crippen MR) is 73.8 cm³/mol. The number of nitrogens with two attached hydrogens (primary N) is 1. The topological polar surface area (TPSA) is 87.7 Å². The van der Waals surface area contributed by atoms with E-state index in [2.05, 4.69) is 24.3 Å². The van der Waals surface area contributed by atoms with E-state index in [1.54, 1.807) is 0 Å². The number of oxime groups is 1. The van der Waals surface area contributed by atoms with Crippen LogP contribution in [0.15, 0.2) is 5.16 Å². The zero-order valence-corrected chi connectivity index (χ0v) is 11.9. The van der Waals surface area contributed by atoms with Gasteiger partial charge >= 0.3 is 0 Å². The standard InChI is InChI=1S/C14H25N3O2/c1-3-10-4-6-14(7-5-10,13(15)17-19)16-12(18)11-8-9(11)2/h9-11,19H,3-8H2,1-2H3,(H2,15,17)(H,16,18). The van der Waals surface area contributed by atoms with Crippen LogP contribution in [0.1, 0.15) is 52.4 Å². The zero-order valence-electron chi connectivity index (χ0n) is 11.9. The van der Waals surface area contributed by atoms with E-state index < -0.39 is 5.54 Å². The summed E-state index contributed by atoms with van der Waals surface area (Å²) in [6.07, 6.45) is 5.69. The number of carbonyl (C=O) groups is 1. The maximum Gasteiger partial charge on any atom is 0.224 e. The zero-order chi connectivity index (χ0) is 14.0. The van der Waals surface area contributed by atoms with E-state index in [1.807, 2.05) is 0 Å². The average Bonchev–Trinajstić information content (AvgIpc) is 3.16. The van der Waals surface area contributed by atoms with E-state index in [1.165, 1.54) is 0 Å². The lowest BCUT2D eigenvalue weighted by Crippen LogP contribution is -2.59. The maximum absolute atomic E-state index is 12.2. The van der Waals surface area contributed by atoms with Crippen LogP contribution < -0.4 is 11.1 Å². The summed E-state index contributed by atoms with van der Waals surface area (Å²) in [6.45, 7) is 4.26. The van der Waals surface area contributed by atoms with Crippen LogP contribution in [0, 0.1) is 17.8 Å². The van der Waals surface area contributed by atoms with Gasteiger partial charge in [-0.05, 0) is 43.9 Å². The molecule has 0 aromatic rings. The second kappa shape index (κ2) is 5.39. The molecule has 5 heteroatoms. The fourth-order valence-corrected chi connectivity index (χ4v) is 3.14. The fraction of sp³-hybridized carbons (Fsp3) is 0.857. The Morgan fingerprint density at radius 3 is 2.47 bits per heavy atom. The number of rotatable bonds is 4. The molecule has 0 radical (unpaired) electrons. The Morgan fingerprint density at radius 1 is 1.47 bits per heavy atom. The van der Waals surface area contributed by atoms with Crippen molar-refractivity contribution in [2.45, 2.75) is 57.9 Å². The molecular formula is C14H25N3O2. The van der Waals surface area contributed by atoms with Crippen molar-refractivity contribution in [2.75, 3.05) is 0 Å². The van der Waals surface area contributed by atoms with Crippen LogP contribution in [-0.4, -0.2) is 22.5 Å². The molecule has 0 aromatic heterocycles. The third-order valence-corrected chi connectivity index (χ3v) is 4.94. The first-order valence-electron chi connectivity index (χ1n) is 7.32. The number of nitrogens with zero attached hydrogens (tertiary/aromatic N) is 1. The first-order valence-corrected chi connectivity index (χ1v) is 7.32. The Balaban J connectivity index is 2.06. The summed E-state index contributed by atoms with van der Waals surface area (Å²) < 4.78 is 0. The quantitative estimate of drug-likeness (QED) is 0.314. The molecule has 2 fully saturated rings. The Hall–Kier alpha value is -1.26. The van der Waals surface area contributed by atoms with Gasteiger partial charge < -0.3 is 16.3 Å². The lowest BCUT2D eigenvalue weighted by atomic mass is 9.74. The Kier molecular flexibility index (Phi) is 4.02. The molecule has 1 amide bonds. The Bertz CT molecular complexity index is 373. The Labute approximate surface area is 114 Å². The van der Waals surface area contributed by atoms with Crippen LogP contribution in [-0.2, 0) is 4.79 Å². The van der Waals surface area contributed by atoms with Crippen LogP contribution in [0.25, 0.3) is 0 Å². The van der Waals surface area contributed by atoms with Crippen molar-refractivity contribution >= 4 is 11.7 Å². The van der Waals surface area contributed by atoms with Crippen molar-refractivity contribution in [2.24, 2.45) is 28.6 Å². The van der Waals surface area contributed by atoms with Crippen LogP contribution >= 0.6 is 0 Å². The highest BCUT2D eigenvalue weighted by atomic mass is 16.4. The van der Waals surface area contributed by atoms with Crippen molar-refractivity contribution < 1.29 is 10.0 Å². The number of hydrogen-bond donors (Lipinski definition) is 3. The van der Waals surface area contributed by atoms with Crippen LogP contribution in [0.2, 0.25) is 0 Å². The number of nitrogens with one attached hydrogen (secondary N) is 1. The van der Waals surface area contributed by atoms with Crippen LogP contribution in [0.5, 0.6) is 0 Å². The molecule has 5 nitrogen and oxygen atoms in total. The molecular weight excluding hydrogens is 242 g/mol. The van der Waals surface area contributed by atoms with Gasteiger partial charge in [0, 0.05) is 5.92 Å². The number of amidine groups is 1. The molecule has 108 valence electrons. The Morgan fingerprint density at radius 2 is 2.05 bits per heavy atom. The van der Waals surface area contributed by atoms with Gasteiger partial charge in [0.2, 0.25) is 5.91 Å². The summed E-state index contributed by atoms with van der Waals surface area (Å²) in [5.41, 5.74) is 5.23. The summed E-state index contributed by atoms with van der Waals surface area (Å²) in [5.74, 6) is 1.50. The molecule has 2 aliphatic carbocycles. The highest BCUT2D eigenvalue weighted by Gasteiger charge is 2.45. The summed E-state index contributed by atoms with van der Waals surface area (Å²) >= 11 is 0. The predicted octanol–water partition coefficient (Wildman–Crippen LogP) is 1.84. The molecule has 0 spiro atoms. The van der Waals surface area contributed by atoms with Crippen molar-refractivity contribution in [3.8, 4) is 0 Å². The minimum atomic E-state index is -0.625. The second-order valence-electron chi connectivity index (χ2n) is 6.23.